The van der Waals surface area contributed by atoms with Gasteiger partial charge in [-0.15, -0.1) is 0 Å². The molecule has 1 saturated heterocycles. The van der Waals surface area contributed by atoms with Crippen molar-refractivity contribution in [2.75, 3.05) is 31.1 Å². The summed E-state index contributed by atoms with van der Waals surface area (Å²) in [5.74, 6) is 2.72. The van der Waals surface area contributed by atoms with Gasteiger partial charge in [0.05, 0.1) is 0 Å². The smallest absolute Gasteiger partial charge is 0.00727 e. The molecule has 1 aliphatic heterocycles. The third-order valence-corrected chi connectivity index (χ3v) is 4.87. The Bertz CT molecular complexity index is 166. The van der Waals surface area contributed by atoms with E-state index in [2.05, 4.69) is 23.6 Å². The molecule has 18 heavy (non-hydrogen) atoms. The molecule has 0 aromatic heterocycles. The summed E-state index contributed by atoms with van der Waals surface area (Å²) in [5.41, 5.74) is 0. The lowest BCUT2D eigenvalue weighted by atomic mass is 10.1. The fourth-order valence-electron chi connectivity index (χ4n) is 2.65. The van der Waals surface area contributed by atoms with Gasteiger partial charge in [-0.05, 0) is 13.0 Å². The van der Waals surface area contributed by atoms with Crippen molar-refractivity contribution < 1.29 is 0 Å². The molecule has 1 fully saturated rings. The standard InChI is InChI=1S/C16H33NS/c1-2-3-4-5-6-7-8-9-10-11-12-17-13-15-18-16-14-17/h2-16H2,1H3. The molecule has 0 atom stereocenters. The van der Waals surface area contributed by atoms with E-state index in [1.807, 2.05) is 0 Å². The fourth-order valence-corrected chi connectivity index (χ4v) is 3.63. The highest BCUT2D eigenvalue weighted by molar-refractivity contribution is 7.99. The number of hydrogen-bond donors (Lipinski definition) is 0. The lowest BCUT2D eigenvalue weighted by Crippen LogP contribution is -2.33. The van der Waals surface area contributed by atoms with E-state index in [0.29, 0.717) is 0 Å². The quantitative estimate of drug-likeness (QED) is 0.489. The first kappa shape index (κ1) is 16.4. The second kappa shape index (κ2) is 12.3. The van der Waals surface area contributed by atoms with Crippen LogP contribution >= 0.6 is 11.8 Å². The summed E-state index contributed by atoms with van der Waals surface area (Å²) in [6.07, 6.45) is 14.5. The SMILES string of the molecule is CCCCCCCCCCCCN1CCSCC1. The maximum atomic E-state index is 2.65. The van der Waals surface area contributed by atoms with E-state index in [0.717, 1.165) is 0 Å². The van der Waals surface area contributed by atoms with Crippen molar-refractivity contribution in [3.63, 3.8) is 0 Å². The van der Waals surface area contributed by atoms with Gasteiger partial charge in [-0.25, -0.2) is 0 Å². The predicted molar refractivity (Wildman–Crippen MR) is 85.6 cm³/mol. The Hall–Kier alpha value is 0.310. The summed E-state index contributed by atoms with van der Waals surface area (Å²) < 4.78 is 0. The van der Waals surface area contributed by atoms with Crippen LogP contribution in [0.4, 0.5) is 0 Å². The second-order valence-electron chi connectivity index (χ2n) is 5.64. The van der Waals surface area contributed by atoms with Crippen LogP contribution in [0.5, 0.6) is 0 Å². The van der Waals surface area contributed by atoms with Gasteiger partial charge in [0.15, 0.2) is 0 Å². The molecule has 0 unspecified atom stereocenters. The zero-order valence-corrected chi connectivity index (χ0v) is 13.3. The van der Waals surface area contributed by atoms with Crippen LogP contribution in [0.25, 0.3) is 0 Å². The molecule has 0 aromatic carbocycles. The van der Waals surface area contributed by atoms with Gasteiger partial charge in [0.1, 0.15) is 0 Å². The van der Waals surface area contributed by atoms with Crippen molar-refractivity contribution in [1.29, 1.82) is 0 Å². The molecular weight excluding hydrogens is 238 g/mol. The van der Waals surface area contributed by atoms with E-state index in [1.54, 1.807) is 0 Å². The lowest BCUT2D eigenvalue weighted by Gasteiger charge is -2.25. The first-order chi connectivity index (χ1) is 8.93. The van der Waals surface area contributed by atoms with Crippen molar-refractivity contribution in [2.45, 2.75) is 71.1 Å². The van der Waals surface area contributed by atoms with Crippen LogP contribution in [-0.4, -0.2) is 36.0 Å². The van der Waals surface area contributed by atoms with Crippen molar-refractivity contribution in [3.8, 4) is 0 Å². The van der Waals surface area contributed by atoms with Gasteiger partial charge >= 0.3 is 0 Å². The van der Waals surface area contributed by atoms with Crippen molar-refractivity contribution in [1.82, 2.24) is 4.90 Å². The van der Waals surface area contributed by atoms with Crippen molar-refractivity contribution in [3.05, 3.63) is 0 Å². The zero-order chi connectivity index (χ0) is 12.9. The molecule has 1 aliphatic rings. The Balaban J connectivity index is 1.73. The molecule has 0 aromatic rings. The van der Waals surface area contributed by atoms with Gasteiger partial charge in [-0.3, -0.25) is 0 Å². The van der Waals surface area contributed by atoms with Crippen molar-refractivity contribution >= 4 is 11.8 Å². The largest absolute Gasteiger partial charge is 0.302 e. The molecule has 1 heterocycles. The number of unbranched alkanes of at least 4 members (excludes halogenated alkanes) is 9. The molecule has 0 bridgehead atoms. The number of hydrogen-bond acceptors (Lipinski definition) is 2. The third kappa shape index (κ3) is 9.27. The monoisotopic (exact) mass is 271 g/mol. The van der Waals surface area contributed by atoms with E-state index in [1.165, 1.54) is 95.3 Å². The molecule has 1 nitrogen and oxygen atoms in total. The van der Waals surface area contributed by atoms with Gasteiger partial charge in [0, 0.05) is 24.6 Å². The minimum Gasteiger partial charge on any atom is -0.302 e. The molecule has 108 valence electrons. The summed E-state index contributed by atoms with van der Waals surface area (Å²) in [7, 11) is 0. The van der Waals surface area contributed by atoms with Gasteiger partial charge in [-0.2, -0.15) is 11.8 Å². The van der Waals surface area contributed by atoms with Crippen LogP contribution in [0.15, 0.2) is 0 Å². The van der Waals surface area contributed by atoms with Crippen LogP contribution < -0.4 is 0 Å². The van der Waals surface area contributed by atoms with E-state index >= 15 is 0 Å². The Labute approximate surface area is 119 Å². The van der Waals surface area contributed by atoms with Crippen LogP contribution in [0.3, 0.4) is 0 Å². The van der Waals surface area contributed by atoms with Crippen molar-refractivity contribution in [2.24, 2.45) is 0 Å². The van der Waals surface area contributed by atoms with E-state index in [4.69, 9.17) is 0 Å². The highest BCUT2D eigenvalue weighted by atomic mass is 32.2. The summed E-state index contributed by atoms with van der Waals surface area (Å²) in [6, 6.07) is 0. The third-order valence-electron chi connectivity index (χ3n) is 3.93. The molecule has 0 N–H and O–H groups in total. The highest BCUT2D eigenvalue weighted by Gasteiger charge is 2.08. The lowest BCUT2D eigenvalue weighted by molar-refractivity contribution is 0.294. The zero-order valence-electron chi connectivity index (χ0n) is 12.5. The average molecular weight is 272 g/mol. The van der Waals surface area contributed by atoms with E-state index in [9.17, 15) is 0 Å². The molecule has 0 radical (unpaired) electrons. The summed E-state index contributed by atoms with van der Waals surface area (Å²) in [6.45, 7) is 6.32. The Kier molecular flexibility index (Phi) is 11.2. The molecule has 1 rings (SSSR count). The highest BCUT2D eigenvalue weighted by Crippen LogP contribution is 2.12. The molecule has 0 spiro atoms. The van der Waals surface area contributed by atoms with Gasteiger partial charge < -0.3 is 4.90 Å². The number of nitrogens with zero attached hydrogens (tertiary/aromatic N) is 1. The molecule has 0 aliphatic carbocycles. The minimum atomic E-state index is 1.34. The minimum absolute atomic E-state index is 1.34. The van der Waals surface area contributed by atoms with Crippen LogP contribution in [0.1, 0.15) is 71.1 Å². The molecule has 0 saturated carbocycles. The first-order valence-corrected chi connectivity index (χ1v) is 9.39. The summed E-state index contributed by atoms with van der Waals surface area (Å²) in [4.78, 5) is 2.65. The molecule has 0 amide bonds. The average Bonchev–Trinajstić information content (AvgIpc) is 2.42. The van der Waals surface area contributed by atoms with Gasteiger partial charge in [0.25, 0.3) is 0 Å². The van der Waals surface area contributed by atoms with E-state index < -0.39 is 0 Å². The van der Waals surface area contributed by atoms with Gasteiger partial charge in [0.2, 0.25) is 0 Å². The van der Waals surface area contributed by atoms with Crippen LogP contribution in [0.2, 0.25) is 0 Å². The number of rotatable bonds is 11. The normalized spacial score (nSPS) is 17.2. The molecule has 2 heteroatoms. The summed E-state index contributed by atoms with van der Waals surface area (Å²) >= 11 is 2.12. The van der Waals surface area contributed by atoms with Crippen LogP contribution in [-0.2, 0) is 0 Å². The Morgan fingerprint density at radius 3 is 1.78 bits per heavy atom. The fraction of sp³-hybridized carbons (Fsp3) is 1.00. The molecular formula is C16H33NS. The van der Waals surface area contributed by atoms with Crippen LogP contribution in [0, 0.1) is 0 Å². The first-order valence-electron chi connectivity index (χ1n) is 8.23. The Morgan fingerprint density at radius 2 is 1.22 bits per heavy atom. The van der Waals surface area contributed by atoms with E-state index in [-0.39, 0.29) is 0 Å². The maximum Gasteiger partial charge on any atom is 0.00727 e. The number of thioether (sulfide) groups is 1. The maximum absolute atomic E-state index is 2.65. The predicted octanol–water partition coefficient (Wildman–Crippen LogP) is 4.96. The second-order valence-corrected chi connectivity index (χ2v) is 6.86. The summed E-state index contributed by atoms with van der Waals surface area (Å²) in [5, 5.41) is 0. The Morgan fingerprint density at radius 1 is 0.722 bits per heavy atom. The topological polar surface area (TPSA) is 3.24 Å². The van der Waals surface area contributed by atoms with Gasteiger partial charge in [-0.1, -0.05) is 64.7 Å².